The maximum Gasteiger partial charge on any atom is 0.317 e. The second-order valence-corrected chi connectivity index (χ2v) is 6.82. The molecule has 0 spiro atoms. The van der Waals surface area contributed by atoms with E-state index in [9.17, 15) is 9.59 Å². The van der Waals surface area contributed by atoms with Gasteiger partial charge in [-0.25, -0.2) is 9.78 Å². The van der Waals surface area contributed by atoms with Gasteiger partial charge in [-0.3, -0.25) is 4.79 Å². The fraction of sp³-hybridized carbons (Fsp3) is 0.333. The normalized spacial score (nSPS) is 13.5. The van der Waals surface area contributed by atoms with Crippen LogP contribution in [0.15, 0.2) is 42.5 Å². The topological polar surface area (TPSA) is 101 Å². The molecule has 1 aliphatic heterocycles. The number of hydrogen-bond acceptors (Lipinski definition) is 5. The molecule has 8 nitrogen and oxygen atoms in total. The number of nitrogens with one attached hydrogen (secondary N) is 2. The van der Waals surface area contributed by atoms with Crippen LogP contribution in [-0.4, -0.2) is 61.1 Å². The summed E-state index contributed by atoms with van der Waals surface area (Å²) in [6, 6.07) is 14.6. The van der Waals surface area contributed by atoms with Crippen molar-refractivity contribution in [1.82, 2.24) is 20.5 Å². The first-order valence-electron chi connectivity index (χ1n) is 9.56. The predicted molar refractivity (Wildman–Crippen MR) is 110 cm³/mol. The molecule has 0 bridgehead atoms. The summed E-state index contributed by atoms with van der Waals surface area (Å²) in [4.78, 5) is 32.5. The van der Waals surface area contributed by atoms with E-state index in [1.807, 2.05) is 37.3 Å². The number of hydrogen-bond donors (Lipinski definition) is 2. The highest BCUT2D eigenvalue weighted by molar-refractivity contribution is 5.94. The monoisotopic (exact) mass is 392 g/mol. The average molecular weight is 392 g/mol. The van der Waals surface area contributed by atoms with Crippen molar-refractivity contribution in [2.24, 2.45) is 0 Å². The zero-order valence-corrected chi connectivity index (χ0v) is 16.4. The largest absolute Gasteiger partial charge is 0.353 e. The Labute approximate surface area is 170 Å². The van der Waals surface area contributed by atoms with Crippen LogP contribution in [0.3, 0.4) is 0 Å². The van der Waals surface area contributed by atoms with Crippen LogP contribution in [0.1, 0.15) is 21.6 Å². The highest BCUT2D eigenvalue weighted by Crippen LogP contribution is 2.14. The van der Waals surface area contributed by atoms with E-state index in [1.54, 1.807) is 23.1 Å². The Morgan fingerprint density at radius 3 is 2.41 bits per heavy atom. The molecule has 29 heavy (non-hydrogen) atoms. The zero-order valence-electron chi connectivity index (χ0n) is 16.4. The highest BCUT2D eigenvalue weighted by Gasteiger charge is 2.21. The second-order valence-electron chi connectivity index (χ2n) is 6.82. The van der Waals surface area contributed by atoms with Crippen molar-refractivity contribution in [3.63, 3.8) is 0 Å². The van der Waals surface area contributed by atoms with Crippen LogP contribution in [0.4, 0.5) is 10.6 Å². The quantitative estimate of drug-likeness (QED) is 0.752. The van der Waals surface area contributed by atoms with Crippen LogP contribution >= 0.6 is 0 Å². The molecule has 1 aliphatic rings. The Bertz CT molecular complexity index is 898. The van der Waals surface area contributed by atoms with Crippen molar-refractivity contribution in [2.75, 3.05) is 44.2 Å². The third-order valence-electron chi connectivity index (χ3n) is 4.74. The second kappa shape index (κ2) is 9.55. The number of pyridine rings is 1. The van der Waals surface area contributed by atoms with Crippen molar-refractivity contribution in [1.29, 1.82) is 5.26 Å². The molecule has 1 fully saturated rings. The van der Waals surface area contributed by atoms with E-state index in [0.717, 1.165) is 11.4 Å². The van der Waals surface area contributed by atoms with Crippen LogP contribution in [0.2, 0.25) is 0 Å². The van der Waals surface area contributed by atoms with Crippen LogP contribution in [-0.2, 0) is 0 Å². The standard InChI is InChI=1S/C21H24N6O2/c1-16-5-7-17(8-6-16)20(28)23-9-10-24-21(29)27-13-11-26(12-14-27)19-4-2-3-18(15-22)25-19/h2-8H,9-14H2,1H3,(H,23,28)(H,24,29). The van der Waals surface area contributed by atoms with E-state index in [4.69, 9.17) is 5.26 Å². The number of nitrogens with zero attached hydrogens (tertiary/aromatic N) is 4. The molecule has 3 rings (SSSR count). The smallest absolute Gasteiger partial charge is 0.317 e. The minimum absolute atomic E-state index is 0.145. The van der Waals surface area contributed by atoms with E-state index in [-0.39, 0.29) is 11.9 Å². The molecule has 150 valence electrons. The number of piperazine rings is 1. The van der Waals surface area contributed by atoms with Crippen molar-refractivity contribution in [3.8, 4) is 6.07 Å². The van der Waals surface area contributed by atoms with Crippen LogP contribution in [0, 0.1) is 18.3 Å². The third kappa shape index (κ3) is 5.45. The Morgan fingerprint density at radius 2 is 1.72 bits per heavy atom. The number of anilines is 1. The van der Waals surface area contributed by atoms with Gasteiger partial charge in [-0.1, -0.05) is 23.8 Å². The van der Waals surface area contributed by atoms with E-state index in [2.05, 4.69) is 20.5 Å². The summed E-state index contributed by atoms with van der Waals surface area (Å²) in [5.74, 6) is 0.600. The van der Waals surface area contributed by atoms with E-state index < -0.39 is 0 Å². The lowest BCUT2D eigenvalue weighted by molar-refractivity contribution is 0.0953. The Kier molecular flexibility index (Phi) is 6.63. The van der Waals surface area contributed by atoms with Gasteiger partial charge >= 0.3 is 6.03 Å². The van der Waals surface area contributed by atoms with Crippen LogP contribution in [0.5, 0.6) is 0 Å². The number of urea groups is 1. The molecule has 3 amide bonds. The van der Waals surface area contributed by atoms with E-state index in [1.165, 1.54) is 0 Å². The van der Waals surface area contributed by atoms with Crippen molar-refractivity contribution in [2.45, 2.75) is 6.92 Å². The first-order chi connectivity index (χ1) is 14.1. The van der Waals surface area contributed by atoms with Gasteiger partial charge in [-0.05, 0) is 31.2 Å². The molecule has 1 aromatic carbocycles. The molecule has 0 unspecified atom stereocenters. The molecular formula is C21H24N6O2. The van der Waals surface area contributed by atoms with Gasteiger partial charge in [-0.2, -0.15) is 5.26 Å². The lowest BCUT2D eigenvalue weighted by Crippen LogP contribution is -2.52. The van der Waals surface area contributed by atoms with Gasteiger partial charge in [0, 0.05) is 44.8 Å². The van der Waals surface area contributed by atoms with Crippen molar-refractivity contribution >= 4 is 17.8 Å². The molecule has 8 heteroatoms. The molecule has 2 aromatic rings. The molecule has 0 radical (unpaired) electrons. The number of nitriles is 1. The first-order valence-corrected chi connectivity index (χ1v) is 9.56. The summed E-state index contributed by atoms with van der Waals surface area (Å²) >= 11 is 0. The first kappa shape index (κ1) is 20.1. The lowest BCUT2D eigenvalue weighted by Gasteiger charge is -2.35. The highest BCUT2D eigenvalue weighted by atomic mass is 16.2. The SMILES string of the molecule is Cc1ccc(C(=O)NCCNC(=O)N2CCN(c3cccc(C#N)n3)CC2)cc1. The number of carbonyl (C=O) groups excluding carboxylic acids is 2. The van der Waals surface area contributed by atoms with Gasteiger partial charge in [0.2, 0.25) is 0 Å². The van der Waals surface area contributed by atoms with Gasteiger partial charge in [0.15, 0.2) is 0 Å². The zero-order chi connectivity index (χ0) is 20.6. The predicted octanol–water partition coefficient (Wildman–Crippen LogP) is 1.52. The number of aromatic nitrogens is 1. The Hall–Kier alpha value is -3.60. The van der Waals surface area contributed by atoms with Gasteiger partial charge in [0.25, 0.3) is 5.91 Å². The average Bonchev–Trinajstić information content (AvgIpc) is 2.77. The molecule has 0 saturated carbocycles. The molecule has 0 atom stereocenters. The molecular weight excluding hydrogens is 368 g/mol. The number of aryl methyl sites for hydroxylation is 1. The minimum Gasteiger partial charge on any atom is -0.353 e. The maximum absolute atomic E-state index is 12.3. The summed E-state index contributed by atoms with van der Waals surface area (Å²) in [5.41, 5.74) is 2.09. The summed E-state index contributed by atoms with van der Waals surface area (Å²) in [6.45, 7) is 5.14. The fourth-order valence-corrected chi connectivity index (χ4v) is 3.06. The summed E-state index contributed by atoms with van der Waals surface area (Å²) in [6.07, 6.45) is 0. The van der Waals surface area contributed by atoms with Crippen LogP contribution < -0.4 is 15.5 Å². The minimum atomic E-state index is -0.153. The van der Waals surface area contributed by atoms with Crippen molar-refractivity contribution < 1.29 is 9.59 Å². The third-order valence-corrected chi connectivity index (χ3v) is 4.74. The van der Waals surface area contributed by atoms with Gasteiger partial charge in [0.05, 0.1) is 0 Å². The number of benzene rings is 1. The molecule has 1 saturated heterocycles. The van der Waals surface area contributed by atoms with Crippen molar-refractivity contribution in [3.05, 3.63) is 59.3 Å². The number of carbonyl (C=O) groups is 2. The number of rotatable bonds is 5. The number of amides is 3. The summed E-state index contributed by atoms with van der Waals surface area (Å²) < 4.78 is 0. The van der Waals surface area contributed by atoms with Gasteiger partial charge < -0.3 is 20.4 Å². The summed E-state index contributed by atoms with van der Waals surface area (Å²) in [5, 5.41) is 14.6. The molecule has 2 N–H and O–H groups in total. The molecule has 1 aromatic heterocycles. The van der Waals surface area contributed by atoms with Gasteiger partial charge in [-0.15, -0.1) is 0 Å². The van der Waals surface area contributed by atoms with Crippen LogP contribution in [0.25, 0.3) is 0 Å². The molecule has 2 heterocycles. The van der Waals surface area contributed by atoms with Gasteiger partial charge in [0.1, 0.15) is 17.6 Å². The summed E-state index contributed by atoms with van der Waals surface area (Å²) in [7, 11) is 0. The fourth-order valence-electron chi connectivity index (χ4n) is 3.06. The Morgan fingerprint density at radius 1 is 1.03 bits per heavy atom. The Balaban J connectivity index is 1.38. The molecule has 0 aliphatic carbocycles. The lowest BCUT2D eigenvalue weighted by atomic mass is 10.1. The maximum atomic E-state index is 12.3. The van der Waals surface area contributed by atoms with E-state index >= 15 is 0 Å². The van der Waals surface area contributed by atoms with E-state index in [0.29, 0.717) is 50.5 Å².